The van der Waals surface area contributed by atoms with Crippen LogP contribution in [0.15, 0.2) is 42.5 Å². The number of sulfonamides is 1. The number of anilines is 3. The molecule has 0 unspecified atom stereocenters. The van der Waals surface area contributed by atoms with Crippen molar-refractivity contribution in [3.63, 3.8) is 0 Å². The second kappa shape index (κ2) is 7.47. The van der Waals surface area contributed by atoms with Gasteiger partial charge in [-0.15, -0.1) is 0 Å². The third-order valence-electron chi connectivity index (χ3n) is 3.15. The van der Waals surface area contributed by atoms with Crippen molar-refractivity contribution in [2.45, 2.75) is 13.0 Å². The number of carbonyl (C=O) groups excluding carboxylic acids is 1. The van der Waals surface area contributed by atoms with Gasteiger partial charge in [-0.2, -0.15) is 0 Å². The van der Waals surface area contributed by atoms with Crippen molar-refractivity contribution >= 4 is 33.0 Å². The van der Waals surface area contributed by atoms with E-state index in [1.54, 1.807) is 31.2 Å². The van der Waals surface area contributed by atoms with Crippen molar-refractivity contribution in [2.75, 3.05) is 21.6 Å². The summed E-state index contributed by atoms with van der Waals surface area (Å²) in [5, 5.41) is 5.39. The van der Waals surface area contributed by atoms with Gasteiger partial charge in [-0.05, 0) is 43.3 Å². The quantitative estimate of drug-likeness (QED) is 0.731. The van der Waals surface area contributed by atoms with Gasteiger partial charge in [-0.3, -0.25) is 9.52 Å². The van der Waals surface area contributed by atoms with Crippen molar-refractivity contribution in [1.82, 2.24) is 0 Å². The maximum absolute atomic E-state index is 13.1. The molecule has 3 N–H and O–H groups in total. The summed E-state index contributed by atoms with van der Waals surface area (Å²) in [6, 6.07) is 8.72. The summed E-state index contributed by atoms with van der Waals surface area (Å²) in [6.45, 7) is 1.60. The second-order valence-electron chi connectivity index (χ2n) is 5.44. The van der Waals surface area contributed by atoms with Gasteiger partial charge in [0.15, 0.2) is 11.6 Å². The fraction of sp³-hybridized carbons (Fsp3) is 0.188. The summed E-state index contributed by atoms with van der Waals surface area (Å²) in [7, 11) is -3.36. The van der Waals surface area contributed by atoms with E-state index in [9.17, 15) is 22.0 Å². The molecule has 6 nitrogen and oxygen atoms in total. The molecule has 2 aromatic carbocycles. The SMILES string of the molecule is C[C@@H](Nc1ccc(NS(C)(=O)=O)cc1)C(=O)Nc1ccc(F)c(F)c1. The molecule has 0 saturated carbocycles. The third kappa shape index (κ3) is 5.71. The maximum Gasteiger partial charge on any atom is 0.246 e. The first kappa shape index (κ1) is 18.7. The van der Waals surface area contributed by atoms with E-state index in [1.807, 2.05) is 0 Å². The second-order valence-corrected chi connectivity index (χ2v) is 7.18. The summed E-state index contributed by atoms with van der Waals surface area (Å²) < 4.78 is 50.6. The zero-order chi connectivity index (χ0) is 18.6. The number of carbonyl (C=O) groups is 1. The summed E-state index contributed by atoms with van der Waals surface area (Å²) >= 11 is 0. The van der Waals surface area contributed by atoms with Gasteiger partial charge in [-0.25, -0.2) is 17.2 Å². The Bertz CT molecular complexity index is 871. The summed E-state index contributed by atoms with van der Waals surface area (Å²) in [5.74, 6) is -2.48. The number of hydrogen-bond acceptors (Lipinski definition) is 4. The van der Waals surface area contributed by atoms with Gasteiger partial charge in [0.1, 0.15) is 6.04 Å². The van der Waals surface area contributed by atoms with Crippen molar-refractivity contribution in [3.8, 4) is 0 Å². The van der Waals surface area contributed by atoms with E-state index in [4.69, 9.17) is 0 Å². The lowest BCUT2D eigenvalue weighted by Crippen LogP contribution is -2.31. The largest absolute Gasteiger partial charge is 0.374 e. The normalized spacial score (nSPS) is 12.3. The van der Waals surface area contributed by atoms with Crippen molar-refractivity contribution in [2.24, 2.45) is 0 Å². The number of nitrogens with one attached hydrogen (secondary N) is 3. The molecule has 0 spiro atoms. The van der Waals surface area contributed by atoms with Gasteiger partial charge in [0.2, 0.25) is 15.9 Å². The Morgan fingerprint density at radius 2 is 1.52 bits per heavy atom. The van der Waals surface area contributed by atoms with E-state index in [2.05, 4.69) is 15.4 Å². The molecular weight excluding hydrogens is 352 g/mol. The molecule has 0 aliphatic rings. The van der Waals surface area contributed by atoms with Crippen LogP contribution in [0.2, 0.25) is 0 Å². The first-order chi connectivity index (χ1) is 11.6. The van der Waals surface area contributed by atoms with Crippen LogP contribution in [-0.4, -0.2) is 26.6 Å². The fourth-order valence-electron chi connectivity index (χ4n) is 1.99. The lowest BCUT2D eigenvalue weighted by Gasteiger charge is -2.16. The number of benzene rings is 2. The smallest absolute Gasteiger partial charge is 0.246 e. The van der Waals surface area contributed by atoms with Gasteiger partial charge in [-0.1, -0.05) is 0 Å². The molecule has 0 radical (unpaired) electrons. The first-order valence-electron chi connectivity index (χ1n) is 7.24. The molecule has 1 amide bonds. The molecule has 0 bridgehead atoms. The van der Waals surface area contributed by atoms with Crippen molar-refractivity contribution in [3.05, 3.63) is 54.1 Å². The van der Waals surface area contributed by atoms with Crippen LogP contribution in [0.25, 0.3) is 0 Å². The highest BCUT2D eigenvalue weighted by Gasteiger charge is 2.14. The molecule has 2 aromatic rings. The number of rotatable bonds is 6. The van der Waals surface area contributed by atoms with Crippen LogP contribution in [0.1, 0.15) is 6.92 Å². The Morgan fingerprint density at radius 3 is 2.08 bits per heavy atom. The first-order valence-corrected chi connectivity index (χ1v) is 9.13. The highest BCUT2D eigenvalue weighted by molar-refractivity contribution is 7.92. The summed E-state index contributed by atoms with van der Waals surface area (Å²) in [5.41, 5.74) is 1.13. The lowest BCUT2D eigenvalue weighted by atomic mass is 10.2. The van der Waals surface area contributed by atoms with E-state index >= 15 is 0 Å². The predicted octanol–water partition coefficient (Wildman–Crippen LogP) is 2.78. The monoisotopic (exact) mass is 369 g/mol. The van der Waals surface area contributed by atoms with Crippen LogP contribution >= 0.6 is 0 Å². The molecule has 2 rings (SSSR count). The van der Waals surface area contributed by atoms with Crippen LogP contribution in [0.4, 0.5) is 25.8 Å². The zero-order valence-electron chi connectivity index (χ0n) is 13.5. The fourth-order valence-corrected chi connectivity index (χ4v) is 2.55. The van der Waals surface area contributed by atoms with E-state index in [0.29, 0.717) is 11.4 Å². The van der Waals surface area contributed by atoms with Gasteiger partial charge in [0, 0.05) is 23.1 Å². The topological polar surface area (TPSA) is 87.3 Å². The van der Waals surface area contributed by atoms with Crippen LogP contribution < -0.4 is 15.4 Å². The van der Waals surface area contributed by atoms with Crippen LogP contribution in [0.3, 0.4) is 0 Å². The molecule has 0 aromatic heterocycles. The van der Waals surface area contributed by atoms with E-state index < -0.39 is 33.6 Å². The highest BCUT2D eigenvalue weighted by atomic mass is 32.2. The van der Waals surface area contributed by atoms with Crippen molar-refractivity contribution < 1.29 is 22.0 Å². The van der Waals surface area contributed by atoms with Gasteiger partial charge in [0.05, 0.1) is 6.26 Å². The molecule has 0 aliphatic carbocycles. The average Bonchev–Trinajstić information content (AvgIpc) is 2.51. The Hall–Kier alpha value is -2.68. The highest BCUT2D eigenvalue weighted by Crippen LogP contribution is 2.17. The Kier molecular flexibility index (Phi) is 5.58. The van der Waals surface area contributed by atoms with E-state index in [1.165, 1.54) is 6.07 Å². The van der Waals surface area contributed by atoms with E-state index in [-0.39, 0.29) is 5.69 Å². The summed E-state index contributed by atoms with van der Waals surface area (Å²) in [4.78, 5) is 12.1. The predicted molar refractivity (Wildman–Crippen MR) is 93.0 cm³/mol. The summed E-state index contributed by atoms with van der Waals surface area (Å²) in [6.07, 6.45) is 1.05. The number of hydrogen-bond donors (Lipinski definition) is 3. The van der Waals surface area contributed by atoms with Crippen LogP contribution in [0, 0.1) is 11.6 Å². The van der Waals surface area contributed by atoms with E-state index in [0.717, 1.165) is 18.4 Å². The zero-order valence-corrected chi connectivity index (χ0v) is 14.3. The third-order valence-corrected chi connectivity index (χ3v) is 3.76. The molecule has 0 fully saturated rings. The minimum absolute atomic E-state index is 0.144. The average molecular weight is 369 g/mol. The Labute approximate surface area is 144 Å². The molecule has 9 heteroatoms. The molecule has 0 saturated heterocycles. The molecular formula is C16H17F2N3O3S. The Balaban J connectivity index is 1.97. The van der Waals surface area contributed by atoms with Gasteiger partial charge in [0.25, 0.3) is 0 Å². The minimum atomic E-state index is -3.36. The number of halogens is 2. The molecule has 134 valence electrons. The molecule has 0 heterocycles. The van der Waals surface area contributed by atoms with Gasteiger partial charge >= 0.3 is 0 Å². The number of amides is 1. The minimum Gasteiger partial charge on any atom is -0.374 e. The standard InChI is InChI=1S/C16H17F2N3O3S/c1-10(16(22)20-13-7-8-14(17)15(18)9-13)19-11-3-5-12(6-4-11)21-25(2,23)24/h3-10,19,21H,1-2H3,(H,20,22)/t10-/m1/s1. The Morgan fingerprint density at radius 1 is 0.960 bits per heavy atom. The van der Waals surface area contributed by atoms with Crippen LogP contribution in [-0.2, 0) is 14.8 Å². The van der Waals surface area contributed by atoms with Crippen molar-refractivity contribution in [1.29, 1.82) is 0 Å². The van der Waals surface area contributed by atoms with Crippen LogP contribution in [0.5, 0.6) is 0 Å². The van der Waals surface area contributed by atoms with Gasteiger partial charge < -0.3 is 10.6 Å². The molecule has 1 atom stereocenters. The maximum atomic E-state index is 13.1. The lowest BCUT2D eigenvalue weighted by molar-refractivity contribution is -0.116. The molecule has 25 heavy (non-hydrogen) atoms. The molecule has 0 aliphatic heterocycles.